The summed E-state index contributed by atoms with van der Waals surface area (Å²) in [5, 5.41) is 12.4. The molecule has 0 saturated heterocycles. The third-order valence-electron chi connectivity index (χ3n) is 4.95. The van der Waals surface area contributed by atoms with E-state index in [1.807, 2.05) is 44.2 Å². The zero-order valence-corrected chi connectivity index (χ0v) is 21.9. The minimum atomic E-state index is -0.462. The van der Waals surface area contributed by atoms with Crippen molar-refractivity contribution in [1.29, 1.82) is 5.26 Å². The van der Waals surface area contributed by atoms with E-state index in [1.165, 1.54) is 11.1 Å². The minimum absolute atomic E-state index is 0.00339. The molecule has 0 saturated carbocycles. The molecule has 0 bridgehead atoms. The normalized spacial score (nSPS) is 11.0. The van der Waals surface area contributed by atoms with Crippen molar-refractivity contribution in [3.63, 3.8) is 0 Å². The van der Waals surface area contributed by atoms with E-state index in [-0.39, 0.29) is 5.57 Å². The number of nitrogens with zero attached hydrogens (tertiary/aromatic N) is 1. The largest absolute Gasteiger partial charge is 0.490 e. The quantitative estimate of drug-likeness (QED) is 0.186. The van der Waals surface area contributed by atoms with Gasteiger partial charge in [-0.1, -0.05) is 41.5 Å². The number of nitriles is 1. The van der Waals surface area contributed by atoms with Gasteiger partial charge in [-0.2, -0.15) is 5.26 Å². The molecule has 0 aromatic heterocycles. The Labute approximate surface area is 214 Å². The lowest BCUT2D eigenvalue weighted by atomic mass is 10.1. The minimum Gasteiger partial charge on any atom is -0.490 e. The first-order valence-electron chi connectivity index (χ1n) is 10.9. The lowest BCUT2D eigenvalue weighted by Crippen LogP contribution is -2.13. The fraction of sp³-hybridized carbons (Fsp3) is 0.214. The van der Waals surface area contributed by atoms with Gasteiger partial charge in [0.2, 0.25) is 0 Å². The van der Waals surface area contributed by atoms with Crippen molar-refractivity contribution in [2.45, 2.75) is 34.3 Å². The number of nitrogens with one attached hydrogen (secondary N) is 1. The van der Waals surface area contributed by atoms with Crippen LogP contribution in [0.1, 0.15) is 34.7 Å². The Bertz CT molecular complexity index is 1250. The van der Waals surface area contributed by atoms with E-state index in [1.54, 1.807) is 18.2 Å². The van der Waals surface area contributed by atoms with Crippen molar-refractivity contribution in [2.75, 3.05) is 11.9 Å². The molecule has 0 aliphatic rings. The van der Waals surface area contributed by atoms with Gasteiger partial charge in [0, 0.05) is 5.69 Å². The van der Waals surface area contributed by atoms with E-state index in [4.69, 9.17) is 9.47 Å². The van der Waals surface area contributed by atoms with E-state index in [0.717, 1.165) is 14.7 Å². The number of carbonyl (C=O) groups is 1. The summed E-state index contributed by atoms with van der Waals surface area (Å²) in [7, 11) is 0. The third-order valence-corrected chi connectivity index (χ3v) is 5.75. The van der Waals surface area contributed by atoms with Crippen molar-refractivity contribution < 1.29 is 14.3 Å². The summed E-state index contributed by atoms with van der Waals surface area (Å²) in [5.74, 6) is 0.749. The smallest absolute Gasteiger partial charge is 0.266 e. The van der Waals surface area contributed by atoms with Gasteiger partial charge >= 0.3 is 0 Å². The maximum absolute atomic E-state index is 12.7. The predicted octanol–water partition coefficient (Wildman–Crippen LogP) is 6.74. The van der Waals surface area contributed by atoms with Crippen LogP contribution in [0.5, 0.6) is 11.5 Å². The first-order chi connectivity index (χ1) is 16.3. The van der Waals surface area contributed by atoms with Crippen molar-refractivity contribution in [3.8, 4) is 17.6 Å². The highest BCUT2D eigenvalue weighted by Gasteiger charge is 2.15. The zero-order valence-electron chi connectivity index (χ0n) is 19.7. The first-order valence-corrected chi connectivity index (χ1v) is 12.0. The van der Waals surface area contributed by atoms with Crippen molar-refractivity contribution >= 4 is 40.3 Å². The number of anilines is 1. The molecule has 3 rings (SSSR count). The van der Waals surface area contributed by atoms with Gasteiger partial charge < -0.3 is 14.8 Å². The maximum Gasteiger partial charge on any atom is 0.266 e. The first kappa shape index (κ1) is 25.3. The zero-order chi connectivity index (χ0) is 24.7. The number of aryl methyl sites for hydroxylation is 3. The number of hydrogen-bond acceptors (Lipinski definition) is 4. The molecule has 0 fully saturated rings. The van der Waals surface area contributed by atoms with Crippen LogP contribution in [-0.2, 0) is 11.4 Å². The SMILES string of the molecule is CCOc1cc(/C=C(\C#N)C(=O)Nc2cccc(C)c2)cc(I)c1OCc1cc(C)cc(C)c1. The van der Waals surface area contributed by atoms with E-state index in [0.29, 0.717) is 36.0 Å². The molecule has 0 aliphatic carbocycles. The van der Waals surface area contributed by atoms with Crippen LogP contribution in [0.3, 0.4) is 0 Å². The molecule has 3 aromatic carbocycles. The fourth-order valence-electron chi connectivity index (χ4n) is 3.62. The highest BCUT2D eigenvalue weighted by atomic mass is 127. The molecule has 0 aliphatic heterocycles. The van der Waals surface area contributed by atoms with Crippen LogP contribution in [0.2, 0.25) is 0 Å². The van der Waals surface area contributed by atoms with E-state index in [2.05, 4.69) is 60.0 Å². The summed E-state index contributed by atoms with van der Waals surface area (Å²) >= 11 is 2.19. The van der Waals surface area contributed by atoms with Crippen LogP contribution in [0.25, 0.3) is 6.08 Å². The van der Waals surface area contributed by atoms with Crippen LogP contribution in [-0.4, -0.2) is 12.5 Å². The number of amides is 1. The van der Waals surface area contributed by atoms with Gasteiger partial charge in [0.25, 0.3) is 5.91 Å². The van der Waals surface area contributed by atoms with E-state index >= 15 is 0 Å². The second-order valence-corrected chi connectivity index (χ2v) is 9.20. The number of benzene rings is 3. The Morgan fingerprint density at radius 2 is 1.76 bits per heavy atom. The van der Waals surface area contributed by atoms with Gasteiger partial charge in [-0.15, -0.1) is 0 Å². The van der Waals surface area contributed by atoms with Crippen LogP contribution in [0, 0.1) is 35.7 Å². The topological polar surface area (TPSA) is 71.3 Å². The molecule has 1 N–H and O–H groups in total. The Hall–Kier alpha value is -3.31. The molecule has 1 amide bonds. The highest BCUT2D eigenvalue weighted by molar-refractivity contribution is 14.1. The fourth-order valence-corrected chi connectivity index (χ4v) is 4.40. The number of halogens is 1. The highest BCUT2D eigenvalue weighted by Crippen LogP contribution is 2.35. The van der Waals surface area contributed by atoms with Crippen molar-refractivity contribution in [3.05, 3.63) is 91.6 Å². The molecule has 3 aromatic rings. The average Bonchev–Trinajstić information content (AvgIpc) is 2.76. The lowest BCUT2D eigenvalue weighted by molar-refractivity contribution is -0.112. The standard InChI is InChI=1S/C28H27IN2O3/c1-5-33-26-15-21(13-23(16-30)28(32)31-24-8-6-7-18(2)12-24)14-25(29)27(26)34-17-22-10-19(3)9-20(4)11-22/h6-15H,5,17H2,1-4H3,(H,31,32)/b23-13+. The second-order valence-electron chi connectivity index (χ2n) is 8.04. The molecule has 6 heteroatoms. The van der Waals surface area contributed by atoms with Gasteiger partial charge in [-0.05, 0) is 97.3 Å². The summed E-state index contributed by atoms with van der Waals surface area (Å²) in [6.45, 7) is 8.85. The van der Waals surface area contributed by atoms with Crippen LogP contribution in [0.4, 0.5) is 5.69 Å². The second kappa shape index (κ2) is 11.7. The van der Waals surface area contributed by atoms with Gasteiger partial charge in [0.1, 0.15) is 18.2 Å². The number of hydrogen-bond donors (Lipinski definition) is 1. The Kier molecular flexibility index (Phi) is 8.72. The molecule has 0 heterocycles. The maximum atomic E-state index is 12.7. The van der Waals surface area contributed by atoms with Crippen LogP contribution < -0.4 is 14.8 Å². The summed E-state index contributed by atoms with van der Waals surface area (Å²) in [4.78, 5) is 12.7. The van der Waals surface area contributed by atoms with Gasteiger partial charge in [0.15, 0.2) is 11.5 Å². The lowest BCUT2D eigenvalue weighted by Gasteiger charge is -2.15. The summed E-state index contributed by atoms with van der Waals surface area (Å²) < 4.78 is 12.8. The summed E-state index contributed by atoms with van der Waals surface area (Å²) in [6, 6.07) is 19.4. The Balaban J connectivity index is 1.86. The van der Waals surface area contributed by atoms with Gasteiger partial charge in [-0.25, -0.2) is 0 Å². The van der Waals surface area contributed by atoms with Crippen molar-refractivity contribution in [1.82, 2.24) is 0 Å². The molecular formula is C28H27IN2O3. The third kappa shape index (κ3) is 6.84. The molecule has 174 valence electrons. The molecule has 34 heavy (non-hydrogen) atoms. The van der Waals surface area contributed by atoms with Gasteiger partial charge in [-0.3, -0.25) is 4.79 Å². The Morgan fingerprint density at radius 1 is 1.03 bits per heavy atom. The molecule has 5 nitrogen and oxygen atoms in total. The Morgan fingerprint density at radius 3 is 2.41 bits per heavy atom. The summed E-state index contributed by atoms with van der Waals surface area (Å²) in [6.07, 6.45) is 1.56. The summed E-state index contributed by atoms with van der Waals surface area (Å²) in [5.41, 5.74) is 5.81. The van der Waals surface area contributed by atoms with E-state index < -0.39 is 5.91 Å². The molecular weight excluding hydrogens is 539 g/mol. The number of carbonyl (C=O) groups excluding carboxylic acids is 1. The molecule has 0 unspecified atom stereocenters. The average molecular weight is 566 g/mol. The van der Waals surface area contributed by atoms with E-state index in [9.17, 15) is 10.1 Å². The predicted molar refractivity (Wildman–Crippen MR) is 144 cm³/mol. The van der Waals surface area contributed by atoms with Gasteiger partial charge in [0.05, 0.1) is 10.2 Å². The van der Waals surface area contributed by atoms with Crippen LogP contribution in [0.15, 0.2) is 60.2 Å². The molecule has 0 atom stereocenters. The number of ether oxygens (including phenoxy) is 2. The van der Waals surface area contributed by atoms with Crippen LogP contribution >= 0.6 is 22.6 Å². The van der Waals surface area contributed by atoms with Crippen molar-refractivity contribution in [2.24, 2.45) is 0 Å². The monoisotopic (exact) mass is 566 g/mol. The molecule has 0 spiro atoms. The molecule has 0 radical (unpaired) electrons. The number of rotatable bonds is 8.